The van der Waals surface area contributed by atoms with Crippen molar-refractivity contribution in [3.8, 4) is 0 Å². The molecule has 5 nitrogen and oxygen atoms in total. The summed E-state index contributed by atoms with van der Waals surface area (Å²) in [7, 11) is 0. The lowest BCUT2D eigenvalue weighted by Crippen LogP contribution is -2.44. The number of nitrogens with two attached hydrogens (primary N) is 1. The second-order valence-electron chi connectivity index (χ2n) is 5.91. The van der Waals surface area contributed by atoms with Gasteiger partial charge in [-0.2, -0.15) is 0 Å². The van der Waals surface area contributed by atoms with Crippen LogP contribution in [0, 0.1) is 0 Å². The molecule has 5 heteroatoms. The molecular weight excluding hydrogens is 266 g/mol. The van der Waals surface area contributed by atoms with Crippen LogP contribution in [0.4, 0.5) is 11.4 Å². The van der Waals surface area contributed by atoms with Crippen molar-refractivity contribution in [3.63, 3.8) is 0 Å². The van der Waals surface area contributed by atoms with Gasteiger partial charge < -0.3 is 16.4 Å². The summed E-state index contributed by atoms with van der Waals surface area (Å²) in [6.07, 6.45) is 5.57. The molecule has 1 fully saturated rings. The first-order valence-electron chi connectivity index (χ1n) is 7.43. The third-order valence-electron chi connectivity index (χ3n) is 3.83. The lowest BCUT2D eigenvalue weighted by atomic mass is 9.80. The number of carbonyl (C=O) groups excluding carboxylic acids is 2. The van der Waals surface area contributed by atoms with E-state index in [9.17, 15) is 9.59 Å². The van der Waals surface area contributed by atoms with Crippen LogP contribution in [0.3, 0.4) is 0 Å². The summed E-state index contributed by atoms with van der Waals surface area (Å²) in [5.41, 5.74) is 7.27. The Morgan fingerprint density at radius 1 is 1.14 bits per heavy atom. The molecule has 1 aliphatic carbocycles. The number of benzene rings is 1. The fourth-order valence-electron chi connectivity index (χ4n) is 2.84. The van der Waals surface area contributed by atoms with E-state index in [1.807, 2.05) is 0 Å². The quantitative estimate of drug-likeness (QED) is 0.796. The van der Waals surface area contributed by atoms with E-state index in [1.54, 1.807) is 24.3 Å². The van der Waals surface area contributed by atoms with Gasteiger partial charge in [-0.1, -0.05) is 25.3 Å². The van der Waals surface area contributed by atoms with Gasteiger partial charge in [0.1, 0.15) is 0 Å². The van der Waals surface area contributed by atoms with Crippen LogP contribution in [0.5, 0.6) is 0 Å². The van der Waals surface area contributed by atoms with Crippen LogP contribution < -0.4 is 16.4 Å². The molecule has 1 aromatic rings. The molecule has 0 aliphatic heterocycles. The summed E-state index contributed by atoms with van der Waals surface area (Å²) in [4.78, 5) is 23.2. The summed E-state index contributed by atoms with van der Waals surface area (Å²) in [6, 6.07) is 7.11. The molecule has 0 spiro atoms. The van der Waals surface area contributed by atoms with Crippen LogP contribution in [0.25, 0.3) is 0 Å². The zero-order valence-electron chi connectivity index (χ0n) is 12.4. The van der Waals surface area contributed by atoms with Gasteiger partial charge in [-0.15, -0.1) is 0 Å². The molecule has 0 heterocycles. The average molecular weight is 289 g/mol. The molecule has 0 saturated heterocycles. The number of hydrogen-bond donors (Lipinski definition) is 3. The Balaban J connectivity index is 1.94. The van der Waals surface area contributed by atoms with Crippen LogP contribution in [0.1, 0.15) is 45.4 Å². The molecule has 0 radical (unpaired) electrons. The number of amides is 2. The van der Waals surface area contributed by atoms with Crippen molar-refractivity contribution in [1.82, 2.24) is 0 Å². The summed E-state index contributed by atoms with van der Waals surface area (Å²) in [6.45, 7) is 1.45. The Morgan fingerprint density at radius 3 is 2.38 bits per heavy atom. The predicted octanol–water partition coefficient (Wildman–Crippen LogP) is 2.64. The molecule has 21 heavy (non-hydrogen) atoms. The molecule has 1 aromatic carbocycles. The van der Waals surface area contributed by atoms with Crippen molar-refractivity contribution in [2.24, 2.45) is 5.73 Å². The largest absolute Gasteiger partial charge is 0.326 e. The van der Waals surface area contributed by atoms with Gasteiger partial charge in [0.2, 0.25) is 11.8 Å². The molecule has 0 bridgehead atoms. The van der Waals surface area contributed by atoms with Crippen LogP contribution in [0.15, 0.2) is 24.3 Å². The maximum absolute atomic E-state index is 12.1. The van der Waals surface area contributed by atoms with E-state index >= 15 is 0 Å². The third kappa shape index (κ3) is 4.86. The van der Waals surface area contributed by atoms with Crippen LogP contribution in [0.2, 0.25) is 0 Å². The van der Waals surface area contributed by atoms with Gasteiger partial charge in [-0.3, -0.25) is 9.59 Å². The highest BCUT2D eigenvalue weighted by Gasteiger charge is 2.29. The first-order chi connectivity index (χ1) is 9.97. The van der Waals surface area contributed by atoms with Crippen LogP contribution >= 0.6 is 0 Å². The minimum absolute atomic E-state index is 0.0700. The van der Waals surface area contributed by atoms with Gasteiger partial charge in [0, 0.05) is 30.3 Å². The molecule has 1 saturated carbocycles. The molecule has 2 amide bonds. The van der Waals surface area contributed by atoms with Gasteiger partial charge >= 0.3 is 0 Å². The summed E-state index contributed by atoms with van der Waals surface area (Å²) < 4.78 is 0. The lowest BCUT2D eigenvalue weighted by Gasteiger charge is -2.32. The van der Waals surface area contributed by atoms with Crippen molar-refractivity contribution in [2.75, 3.05) is 10.6 Å². The van der Waals surface area contributed by atoms with Gasteiger partial charge in [0.05, 0.1) is 0 Å². The Hall–Kier alpha value is -1.88. The van der Waals surface area contributed by atoms with E-state index in [1.165, 1.54) is 13.3 Å². The molecule has 4 N–H and O–H groups in total. The average Bonchev–Trinajstić information content (AvgIpc) is 2.38. The summed E-state index contributed by atoms with van der Waals surface area (Å²) in [5, 5.41) is 5.55. The van der Waals surface area contributed by atoms with Crippen molar-refractivity contribution in [3.05, 3.63) is 24.3 Å². The van der Waals surface area contributed by atoms with Crippen molar-refractivity contribution in [1.29, 1.82) is 0 Å². The molecule has 0 atom stereocenters. The highest BCUT2D eigenvalue weighted by Crippen LogP contribution is 2.29. The van der Waals surface area contributed by atoms with Gasteiger partial charge in [0.15, 0.2) is 0 Å². The minimum atomic E-state index is -0.364. The van der Waals surface area contributed by atoms with E-state index in [4.69, 9.17) is 5.73 Å². The van der Waals surface area contributed by atoms with Crippen molar-refractivity contribution >= 4 is 23.2 Å². The summed E-state index contributed by atoms with van der Waals surface area (Å²) in [5.74, 6) is -0.207. The normalized spacial score (nSPS) is 17.0. The second-order valence-corrected chi connectivity index (χ2v) is 5.91. The molecule has 114 valence electrons. The monoisotopic (exact) mass is 289 g/mol. The first kappa shape index (κ1) is 15.5. The molecule has 0 aromatic heterocycles. The minimum Gasteiger partial charge on any atom is -0.326 e. The fourth-order valence-corrected chi connectivity index (χ4v) is 2.84. The van der Waals surface area contributed by atoms with Crippen molar-refractivity contribution in [2.45, 2.75) is 51.0 Å². The maximum atomic E-state index is 12.1. The predicted molar refractivity (Wildman–Crippen MR) is 84.0 cm³/mol. The van der Waals surface area contributed by atoms with Crippen LogP contribution in [-0.4, -0.2) is 17.4 Å². The summed E-state index contributed by atoms with van der Waals surface area (Å²) >= 11 is 0. The number of rotatable bonds is 4. The SMILES string of the molecule is CC(=O)Nc1cccc(NC(=O)CC2(N)CCCCC2)c1. The second kappa shape index (κ2) is 6.72. The van der Waals surface area contributed by atoms with Gasteiger partial charge in [-0.05, 0) is 31.0 Å². The highest BCUT2D eigenvalue weighted by molar-refractivity contribution is 5.93. The molecule has 0 unspecified atom stereocenters. The maximum Gasteiger partial charge on any atom is 0.226 e. The zero-order valence-corrected chi connectivity index (χ0v) is 12.4. The molecular formula is C16H23N3O2. The Bertz CT molecular complexity index is 522. The number of anilines is 2. The lowest BCUT2D eigenvalue weighted by molar-refractivity contribution is -0.117. The first-order valence-corrected chi connectivity index (χ1v) is 7.43. The van der Waals surface area contributed by atoms with Gasteiger partial charge in [0.25, 0.3) is 0 Å². The van der Waals surface area contributed by atoms with Crippen molar-refractivity contribution < 1.29 is 9.59 Å². The number of hydrogen-bond acceptors (Lipinski definition) is 3. The Labute approximate surface area is 125 Å². The Morgan fingerprint density at radius 2 is 1.76 bits per heavy atom. The number of nitrogens with one attached hydrogen (secondary N) is 2. The zero-order chi connectivity index (χ0) is 15.3. The molecule has 1 aliphatic rings. The smallest absolute Gasteiger partial charge is 0.226 e. The standard InChI is InChI=1S/C16H23N3O2/c1-12(20)18-13-6-5-7-14(10-13)19-15(21)11-16(17)8-3-2-4-9-16/h5-7,10H,2-4,8-9,11,17H2,1H3,(H,18,20)(H,19,21). The van der Waals surface area contributed by atoms with Gasteiger partial charge in [-0.25, -0.2) is 0 Å². The fraction of sp³-hybridized carbons (Fsp3) is 0.500. The number of carbonyl (C=O) groups is 2. The third-order valence-corrected chi connectivity index (χ3v) is 3.83. The van der Waals surface area contributed by atoms with E-state index in [2.05, 4.69) is 10.6 Å². The highest BCUT2D eigenvalue weighted by atomic mass is 16.2. The van der Waals surface area contributed by atoms with E-state index in [0.717, 1.165) is 25.7 Å². The Kier molecular flexibility index (Phi) is 4.96. The van der Waals surface area contributed by atoms with E-state index < -0.39 is 0 Å². The van der Waals surface area contributed by atoms with E-state index in [-0.39, 0.29) is 17.4 Å². The van der Waals surface area contributed by atoms with E-state index in [0.29, 0.717) is 17.8 Å². The topological polar surface area (TPSA) is 84.2 Å². The molecule has 2 rings (SSSR count). The van der Waals surface area contributed by atoms with Crippen LogP contribution in [-0.2, 0) is 9.59 Å².